The smallest absolute Gasteiger partial charge is 0.203 e. The van der Waals surface area contributed by atoms with Gasteiger partial charge in [0.15, 0.2) is 22.2 Å². The van der Waals surface area contributed by atoms with Crippen LogP contribution in [-0.4, -0.2) is 25.5 Å². The maximum atomic E-state index is 12.7. The molecule has 40 heavy (non-hydrogen) atoms. The minimum absolute atomic E-state index is 0.00468. The number of hydrogen-bond donors (Lipinski definition) is 5. The molecule has 0 fully saturated rings. The molecule has 2 aliphatic rings. The number of rotatable bonds is 4. The molecule has 0 unspecified atom stereocenters. The molecule has 198 valence electrons. The summed E-state index contributed by atoms with van der Waals surface area (Å²) in [5, 5.41) is 50.8. The van der Waals surface area contributed by atoms with Crippen molar-refractivity contribution in [1.29, 1.82) is 0 Å². The van der Waals surface area contributed by atoms with Crippen molar-refractivity contribution in [3.63, 3.8) is 0 Å². The lowest BCUT2D eigenvalue weighted by atomic mass is 10.1. The van der Waals surface area contributed by atoms with Crippen LogP contribution in [0.2, 0.25) is 0 Å². The molecule has 1 aromatic heterocycles. The van der Waals surface area contributed by atoms with Crippen LogP contribution in [0.4, 0.5) is 0 Å². The second-order valence-electron chi connectivity index (χ2n) is 8.91. The van der Waals surface area contributed by atoms with Crippen molar-refractivity contribution in [3.05, 3.63) is 99.3 Å². The maximum absolute atomic E-state index is 12.7. The molecule has 6 rings (SSSR count). The Labute approximate surface area is 223 Å². The Morgan fingerprint density at radius 1 is 0.575 bits per heavy atom. The summed E-state index contributed by atoms with van der Waals surface area (Å²) < 4.78 is 17.2. The van der Waals surface area contributed by atoms with E-state index in [9.17, 15) is 35.1 Å². The van der Waals surface area contributed by atoms with Gasteiger partial charge in [-0.1, -0.05) is 0 Å². The summed E-state index contributed by atoms with van der Waals surface area (Å²) in [7, 11) is 0. The van der Waals surface area contributed by atoms with Crippen LogP contribution in [0.3, 0.4) is 0 Å². The SMILES string of the molecule is O=c1cc(O)cc2oc(-c3ccc(Oc4cc(O)c5c(=O)cc(-c6ccc(O)cc6)oc5c4O)cc3)cc(O)c1-2. The molecule has 10 nitrogen and oxygen atoms in total. The van der Waals surface area contributed by atoms with Gasteiger partial charge in [0.1, 0.15) is 57.0 Å². The van der Waals surface area contributed by atoms with Gasteiger partial charge in [-0.3, -0.25) is 9.59 Å². The zero-order chi connectivity index (χ0) is 28.1. The van der Waals surface area contributed by atoms with Gasteiger partial charge in [-0.05, 0) is 48.5 Å². The summed E-state index contributed by atoms with van der Waals surface area (Å²) in [6.07, 6.45) is 0. The molecule has 0 amide bonds. The average Bonchev–Trinajstić information content (AvgIpc) is 2.91. The van der Waals surface area contributed by atoms with E-state index in [1.807, 2.05) is 0 Å². The first-order valence-corrected chi connectivity index (χ1v) is 11.8. The van der Waals surface area contributed by atoms with Gasteiger partial charge in [-0.2, -0.15) is 0 Å². The molecule has 3 aromatic carbocycles. The van der Waals surface area contributed by atoms with Gasteiger partial charge in [0.05, 0.1) is 0 Å². The first-order valence-electron chi connectivity index (χ1n) is 11.8. The lowest BCUT2D eigenvalue weighted by molar-refractivity contribution is 0.401. The zero-order valence-corrected chi connectivity index (χ0v) is 20.3. The van der Waals surface area contributed by atoms with Crippen molar-refractivity contribution in [2.24, 2.45) is 0 Å². The van der Waals surface area contributed by atoms with E-state index in [0.29, 0.717) is 11.1 Å². The van der Waals surface area contributed by atoms with Crippen LogP contribution in [0.25, 0.3) is 44.9 Å². The second kappa shape index (κ2) is 9.14. The summed E-state index contributed by atoms with van der Waals surface area (Å²) in [4.78, 5) is 24.8. The molecule has 1 aliphatic carbocycles. The van der Waals surface area contributed by atoms with E-state index in [4.69, 9.17) is 13.6 Å². The quantitative estimate of drug-likeness (QED) is 0.180. The third-order valence-corrected chi connectivity index (χ3v) is 6.23. The highest BCUT2D eigenvalue weighted by Gasteiger charge is 2.21. The van der Waals surface area contributed by atoms with Gasteiger partial charge in [-0.25, -0.2) is 0 Å². The number of benzene rings is 4. The monoisotopic (exact) mass is 538 g/mol. The third kappa shape index (κ3) is 4.19. The highest BCUT2D eigenvalue weighted by Crippen LogP contribution is 2.43. The normalized spacial score (nSPS) is 11.2. The van der Waals surface area contributed by atoms with Crippen LogP contribution in [-0.2, 0) is 0 Å². The van der Waals surface area contributed by atoms with Crippen molar-refractivity contribution in [1.82, 2.24) is 0 Å². The Hall–Kier alpha value is -5.90. The molecule has 0 radical (unpaired) electrons. The Kier molecular flexibility index (Phi) is 5.58. The highest BCUT2D eigenvalue weighted by molar-refractivity contribution is 5.91. The van der Waals surface area contributed by atoms with Crippen LogP contribution in [0, 0.1) is 0 Å². The number of hydrogen-bond acceptors (Lipinski definition) is 10. The van der Waals surface area contributed by atoms with Crippen molar-refractivity contribution < 1.29 is 39.1 Å². The standard InChI is InChI=1S/C30H18O10/c31-16-5-1-14(2-6-16)24-12-21(35)28-22(36)13-26(29(37)30(28)40-24)38-18-7-3-15(4-8-18)23-11-20(34)27-19(33)9-17(32)10-25(27)39-23/h1-13,31-32,34,36-37H. The van der Waals surface area contributed by atoms with Gasteiger partial charge >= 0.3 is 0 Å². The number of phenols is 4. The second-order valence-corrected chi connectivity index (χ2v) is 8.91. The molecular formula is C30H18O10. The first-order chi connectivity index (χ1) is 19.2. The predicted octanol–water partition coefficient (Wildman–Crippen LogP) is 5.51. The summed E-state index contributed by atoms with van der Waals surface area (Å²) in [6.45, 7) is 0. The topological polar surface area (TPSA) is 171 Å². The fourth-order valence-electron chi connectivity index (χ4n) is 4.33. The molecule has 2 heterocycles. The van der Waals surface area contributed by atoms with Crippen LogP contribution in [0.15, 0.2) is 97.3 Å². The minimum atomic E-state index is -0.590. The first kappa shape index (κ1) is 24.4. The molecule has 0 saturated carbocycles. The Morgan fingerprint density at radius 3 is 1.93 bits per heavy atom. The molecule has 4 aromatic rings. The molecule has 1 aliphatic heterocycles. The average molecular weight is 538 g/mol. The molecule has 0 bridgehead atoms. The maximum Gasteiger partial charge on any atom is 0.203 e. The van der Waals surface area contributed by atoms with Gasteiger partial charge in [-0.15, -0.1) is 0 Å². The van der Waals surface area contributed by atoms with Crippen LogP contribution >= 0.6 is 0 Å². The van der Waals surface area contributed by atoms with Gasteiger partial charge in [0, 0.05) is 41.5 Å². The number of phenolic OH excluding ortho intramolecular Hbond substituents is 4. The molecular weight excluding hydrogens is 520 g/mol. The number of aromatic hydroxyl groups is 5. The Bertz CT molecular complexity index is 2000. The lowest BCUT2D eigenvalue weighted by Crippen LogP contribution is -2.04. The zero-order valence-electron chi connectivity index (χ0n) is 20.3. The van der Waals surface area contributed by atoms with E-state index in [-0.39, 0.29) is 62.6 Å². The third-order valence-electron chi connectivity index (χ3n) is 6.23. The molecule has 0 atom stereocenters. The van der Waals surface area contributed by atoms with E-state index >= 15 is 0 Å². The van der Waals surface area contributed by atoms with Crippen LogP contribution in [0.1, 0.15) is 0 Å². The Morgan fingerprint density at radius 2 is 1.23 bits per heavy atom. The number of ether oxygens (including phenoxy) is 1. The fourth-order valence-corrected chi connectivity index (χ4v) is 4.33. The van der Waals surface area contributed by atoms with Crippen molar-refractivity contribution in [2.75, 3.05) is 0 Å². The fraction of sp³-hybridized carbons (Fsp3) is 0. The van der Waals surface area contributed by atoms with Gasteiger partial charge in [0.25, 0.3) is 0 Å². The van der Waals surface area contributed by atoms with E-state index < -0.39 is 22.4 Å². The summed E-state index contributed by atoms with van der Waals surface area (Å²) in [5.41, 5.74) is -0.564. The van der Waals surface area contributed by atoms with Gasteiger partial charge in [0.2, 0.25) is 5.75 Å². The van der Waals surface area contributed by atoms with Crippen molar-refractivity contribution >= 4 is 11.0 Å². The summed E-state index contributed by atoms with van der Waals surface area (Å²) in [5.74, 6) is -1.20. The Balaban J connectivity index is 1.36. The number of fused-ring (bicyclic) bond motifs is 2. The van der Waals surface area contributed by atoms with E-state index in [1.165, 1.54) is 54.6 Å². The van der Waals surface area contributed by atoms with Gasteiger partial charge < -0.3 is 39.1 Å². The molecule has 0 saturated heterocycles. The largest absolute Gasteiger partial charge is 0.508 e. The van der Waals surface area contributed by atoms with E-state index in [2.05, 4.69) is 0 Å². The summed E-state index contributed by atoms with van der Waals surface area (Å²) in [6, 6.07) is 17.8. The van der Waals surface area contributed by atoms with E-state index in [0.717, 1.165) is 12.1 Å². The molecule has 0 spiro atoms. The molecule has 10 heteroatoms. The highest BCUT2D eigenvalue weighted by atomic mass is 16.5. The lowest BCUT2D eigenvalue weighted by Gasteiger charge is -2.12. The summed E-state index contributed by atoms with van der Waals surface area (Å²) >= 11 is 0. The van der Waals surface area contributed by atoms with Crippen LogP contribution in [0.5, 0.6) is 40.2 Å². The predicted molar refractivity (Wildman–Crippen MR) is 143 cm³/mol. The van der Waals surface area contributed by atoms with Crippen LogP contribution < -0.4 is 15.6 Å². The van der Waals surface area contributed by atoms with E-state index in [1.54, 1.807) is 12.1 Å². The molecule has 5 N–H and O–H groups in total. The van der Waals surface area contributed by atoms with Crippen molar-refractivity contribution in [2.45, 2.75) is 0 Å². The van der Waals surface area contributed by atoms with Crippen molar-refractivity contribution in [3.8, 4) is 74.2 Å². The minimum Gasteiger partial charge on any atom is -0.508 e.